The van der Waals surface area contributed by atoms with Crippen LogP contribution in [0.15, 0.2) is 48.5 Å². The molecule has 2 rings (SSSR count). The summed E-state index contributed by atoms with van der Waals surface area (Å²) in [5.74, 6) is -0.910. The summed E-state index contributed by atoms with van der Waals surface area (Å²) in [6.45, 7) is 1.87. The van der Waals surface area contributed by atoms with E-state index in [9.17, 15) is 9.18 Å². The molecule has 3 nitrogen and oxygen atoms in total. The molecule has 100 valence electrons. The minimum absolute atomic E-state index is 0.163. The van der Waals surface area contributed by atoms with Gasteiger partial charge in [-0.05, 0) is 25.1 Å². The number of nitriles is 1. The minimum atomic E-state index is -1.01. The van der Waals surface area contributed by atoms with Gasteiger partial charge in [0.15, 0.2) is 0 Å². The third-order valence-electron chi connectivity index (χ3n) is 2.90. The zero-order valence-corrected chi connectivity index (χ0v) is 10.9. The van der Waals surface area contributed by atoms with Crippen LogP contribution in [0.3, 0.4) is 0 Å². The van der Waals surface area contributed by atoms with Gasteiger partial charge in [-0.15, -0.1) is 0 Å². The lowest BCUT2D eigenvalue weighted by Crippen LogP contribution is -2.28. The number of nitrogens with zero attached hydrogens (tertiary/aromatic N) is 1. The number of carbonyl (C=O) groups is 1. The van der Waals surface area contributed by atoms with Crippen LogP contribution >= 0.6 is 0 Å². The van der Waals surface area contributed by atoms with Gasteiger partial charge < -0.3 is 5.32 Å². The number of hydrogen-bond donors (Lipinski definition) is 1. The molecule has 0 aromatic heterocycles. The third kappa shape index (κ3) is 3.01. The van der Waals surface area contributed by atoms with Crippen molar-refractivity contribution in [3.63, 3.8) is 0 Å². The number of hydrogen-bond acceptors (Lipinski definition) is 2. The molecule has 1 amide bonds. The van der Waals surface area contributed by atoms with Crippen molar-refractivity contribution >= 4 is 5.91 Å². The molecule has 0 bridgehead atoms. The molecule has 0 aliphatic carbocycles. The summed E-state index contributed by atoms with van der Waals surface area (Å²) >= 11 is 0. The van der Waals surface area contributed by atoms with Gasteiger partial charge in [-0.1, -0.05) is 35.9 Å². The average Bonchev–Trinajstić information content (AvgIpc) is 2.45. The molecule has 4 heteroatoms. The zero-order chi connectivity index (χ0) is 14.5. The third-order valence-corrected chi connectivity index (χ3v) is 2.90. The molecule has 1 unspecified atom stereocenters. The second kappa shape index (κ2) is 5.98. The summed E-state index contributed by atoms with van der Waals surface area (Å²) < 4.78 is 13.6. The van der Waals surface area contributed by atoms with E-state index in [1.54, 1.807) is 24.3 Å². The van der Waals surface area contributed by atoms with Crippen molar-refractivity contribution in [2.75, 3.05) is 0 Å². The fourth-order valence-electron chi connectivity index (χ4n) is 1.89. The lowest BCUT2D eigenvalue weighted by Gasteiger charge is -2.13. The Morgan fingerprint density at radius 1 is 1.25 bits per heavy atom. The maximum atomic E-state index is 13.6. The Kier molecular flexibility index (Phi) is 4.11. The van der Waals surface area contributed by atoms with Crippen molar-refractivity contribution in [1.82, 2.24) is 5.32 Å². The first-order chi connectivity index (χ1) is 9.61. The summed E-state index contributed by atoms with van der Waals surface area (Å²) in [7, 11) is 0. The van der Waals surface area contributed by atoms with Gasteiger partial charge >= 0.3 is 0 Å². The number of halogens is 1. The van der Waals surface area contributed by atoms with Crippen molar-refractivity contribution in [2.45, 2.75) is 13.0 Å². The lowest BCUT2D eigenvalue weighted by atomic mass is 10.1. The van der Waals surface area contributed by atoms with Crippen molar-refractivity contribution in [3.8, 4) is 6.07 Å². The molecule has 20 heavy (non-hydrogen) atoms. The Labute approximate surface area is 116 Å². The molecule has 1 N–H and O–H groups in total. The number of amides is 1. The van der Waals surface area contributed by atoms with Gasteiger partial charge in [0.2, 0.25) is 0 Å². The van der Waals surface area contributed by atoms with Crippen LogP contribution in [-0.4, -0.2) is 5.91 Å². The van der Waals surface area contributed by atoms with E-state index < -0.39 is 17.8 Å². The summed E-state index contributed by atoms with van der Waals surface area (Å²) in [6, 6.07) is 13.8. The van der Waals surface area contributed by atoms with E-state index >= 15 is 0 Å². The number of benzene rings is 2. The standard InChI is InChI=1S/C16H13FN2O/c1-11-5-4-6-12(9-11)16(20)19-15(10-18)13-7-2-3-8-14(13)17/h2-9,15H,1H3,(H,19,20). The SMILES string of the molecule is Cc1cccc(C(=O)NC(C#N)c2ccccc2F)c1. The van der Waals surface area contributed by atoms with Crippen LogP contribution in [0.2, 0.25) is 0 Å². The number of nitrogens with one attached hydrogen (secondary N) is 1. The van der Waals surface area contributed by atoms with Gasteiger partial charge in [0.25, 0.3) is 5.91 Å². The summed E-state index contributed by atoms with van der Waals surface area (Å²) in [6.07, 6.45) is 0. The molecule has 2 aromatic carbocycles. The summed E-state index contributed by atoms with van der Waals surface area (Å²) in [4.78, 5) is 12.1. The maximum absolute atomic E-state index is 13.6. The molecule has 0 fully saturated rings. The number of rotatable bonds is 3. The quantitative estimate of drug-likeness (QED) is 0.929. The maximum Gasteiger partial charge on any atom is 0.252 e. The van der Waals surface area contributed by atoms with Crippen LogP contribution in [0.4, 0.5) is 4.39 Å². The first-order valence-corrected chi connectivity index (χ1v) is 6.13. The van der Waals surface area contributed by atoms with Crippen molar-refractivity contribution in [3.05, 3.63) is 71.0 Å². The molecule has 0 heterocycles. The normalized spacial score (nSPS) is 11.4. The van der Waals surface area contributed by atoms with Gasteiger partial charge in [-0.25, -0.2) is 4.39 Å². The highest BCUT2D eigenvalue weighted by Gasteiger charge is 2.18. The Morgan fingerprint density at radius 3 is 2.65 bits per heavy atom. The zero-order valence-electron chi connectivity index (χ0n) is 10.9. The van der Waals surface area contributed by atoms with Crippen LogP contribution in [0.5, 0.6) is 0 Å². The Balaban J connectivity index is 2.22. The van der Waals surface area contributed by atoms with E-state index in [0.717, 1.165) is 5.56 Å². The predicted octanol–water partition coefficient (Wildman–Crippen LogP) is 3.13. The largest absolute Gasteiger partial charge is 0.332 e. The Hall–Kier alpha value is -2.67. The molecule has 0 saturated heterocycles. The molecular weight excluding hydrogens is 255 g/mol. The van der Waals surface area contributed by atoms with Crippen molar-refractivity contribution in [2.24, 2.45) is 0 Å². The average molecular weight is 268 g/mol. The molecule has 0 aliphatic heterocycles. The van der Waals surface area contributed by atoms with E-state index in [4.69, 9.17) is 5.26 Å². The highest BCUT2D eigenvalue weighted by molar-refractivity contribution is 5.94. The second-order valence-corrected chi connectivity index (χ2v) is 4.43. The first-order valence-electron chi connectivity index (χ1n) is 6.13. The molecule has 0 radical (unpaired) electrons. The summed E-state index contributed by atoms with van der Waals surface area (Å²) in [5, 5.41) is 11.7. The molecule has 0 aliphatic rings. The molecule has 0 saturated carbocycles. The lowest BCUT2D eigenvalue weighted by molar-refractivity contribution is 0.0944. The van der Waals surface area contributed by atoms with E-state index in [0.29, 0.717) is 5.56 Å². The minimum Gasteiger partial charge on any atom is -0.332 e. The van der Waals surface area contributed by atoms with E-state index in [1.807, 2.05) is 19.1 Å². The molecule has 1 atom stereocenters. The molecular formula is C16H13FN2O. The van der Waals surface area contributed by atoms with Gasteiger partial charge in [0.05, 0.1) is 6.07 Å². The first kappa shape index (κ1) is 13.8. The number of carbonyl (C=O) groups excluding carboxylic acids is 1. The van der Waals surface area contributed by atoms with E-state index in [-0.39, 0.29) is 5.56 Å². The highest BCUT2D eigenvalue weighted by Crippen LogP contribution is 2.17. The van der Waals surface area contributed by atoms with Crippen molar-refractivity contribution in [1.29, 1.82) is 5.26 Å². The number of aryl methyl sites for hydroxylation is 1. The topological polar surface area (TPSA) is 52.9 Å². The monoisotopic (exact) mass is 268 g/mol. The van der Waals surface area contributed by atoms with Crippen LogP contribution in [0, 0.1) is 24.1 Å². The van der Waals surface area contributed by atoms with Crippen LogP contribution in [-0.2, 0) is 0 Å². The fraction of sp³-hybridized carbons (Fsp3) is 0.125. The molecule has 2 aromatic rings. The fourth-order valence-corrected chi connectivity index (χ4v) is 1.89. The smallest absolute Gasteiger partial charge is 0.252 e. The second-order valence-electron chi connectivity index (χ2n) is 4.43. The predicted molar refractivity (Wildman–Crippen MR) is 73.4 cm³/mol. The van der Waals surface area contributed by atoms with E-state index in [2.05, 4.69) is 5.32 Å². The highest BCUT2D eigenvalue weighted by atomic mass is 19.1. The van der Waals surface area contributed by atoms with Crippen LogP contribution < -0.4 is 5.32 Å². The van der Waals surface area contributed by atoms with Gasteiger partial charge in [-0.2, -0.15) is 5.26 Å². The molecule has 0 spiro atoms. The van der Waals surface area contributed by atoms with Crippen molar-refractivity contribution < 1.29 is 9.18 Å². The van der Waals surface area contributed by atoms with E-state index in [1.165, 1.54) is 18.2 Å². The summed E-state index contributed by atoms with van der Waals surface area (Å²) in [5.41, 5.74) is 1.55. The van der Waals surface area contributed by atoms with Crippen LogP contribution in [0.1, 0.15) is 27.5 Å². The van der Waals surface area contributed by atoms with Gasteiger partial charge in [0.1, 0.15) is 11.9 Å². The Morgan fingerprint density at radius 2 is 2.00 bits per heavy atom. The van der Waals surface area contributed by atoms with Gasteiger partial charge in [-0.3, -0.25) is 4.79 Å². The Bertz CT molecular complexity index is 676. The van der Waals surface area contributed by atoms with Crippen LogP contribution in [0.25, 0.3) is 0 Å². The van der Waals surface area contributed by atoms with Gasteiger partial charge in [0, 0.05) is 11.1 Å².